The quantitative estimate of drug-likeness (QED) is 0.878. The molecule has 1 amide bonds. The fourth-order valence-corrected chi connectivity index (χ4v) is 2.37. The summed E-state index contributed by atoms with van der Waals surface area (Å²) >= 11 is 0. The maximum absolute atomic E-state index is 11.9. The van der Waals surface area contributed by atoms with Crippen molar-refractivity contribution in [1.82, 2.24) is 15.1 Å². The van der Waals surface area contributed by atoms with Crippen LogP contribution in [0.25, 0.3) is 0 Å². The van der Waals surface area contributed by atoms with Gasteiger partial charge in [-0.1, -0.05) is 6.92 Å². The summed E-state index contributed by atoms with van der Waals surface area (Å²) in [5, 5.41) is 16.2. The van der Waals surface area contributed by atoms with Gasteiger partial charge >= 0.3 is 0 Å². The van der Waals surface area contributed by atoms with E-state index in [1.807, 2.05) is 0 Å². The Hall–Kier alpha value is -1.83. The van der Waals surface area contributed by atoms with Gasteiger partial charge in [0.25, 0.3) is 0 Å². The Morgan fingerprint density at radius 1 is 1.61 bits per heavy atom. The van der Waals surface area contributed by atoms with Crippen LogP contribution in [0.5, 0.6) is 0 Å². The van der Waals surface area contributed by atoms with Gasteiger partial charge in [0.2, 0.25) is 5.91 Å². The second kappa shape index (κ2) is 5.21. The van der Waals surface area contributed by atoms with Crippen LogP contribution in [-0.2, 0) is 11.3 Å². The molecule has 0 atom stereocenters. The monoisotopic (exact) mass is 246 g/mol. The number of nitriles is 1. The van der Waals surface area contributed by atoms with Gasteiger partial charge in [-0.05, 0) is 37.7 Å². The van der Waals surface area contributed by atoms with Crippen molar-refractivity contribution in [3.8, 4) is 6.07 Å². The average molecular weight is 246 g/mol. The van der Waals surface area contributed by atoms with Crippen molar-refractivity contribution in [3.63, 3.8) is 0 Å². The van der Waals surface area contributed by atoms with Gasteiger partial charge in [0.05, 0.1) is 6.07 Å². The molecule has 1 aromatic rings. The Labute approximate surface area is 107 Å². The van der Waals surface area contributed by atoms with E-state index in [1.165, 1.54) is 0 Å². The second-order valence-electron chi connectivity index (χ2n) is 5.13. The maximum Gasteiger partial charge on any atom is 0.242 e. The highest BCUT2D eigenvalue weighted by Gasteiger charge is 2.35. The van der Waals surface area contributed by atoms with Crippen molar-refractivity contribution in [3.05, 3.63) is 18.5 Å². The third kappa shape index (κ3) is 2.89. The van der Waals surface area contributed by atoms with E-state index in [9.17, 15) is 10.1 Å². The van der Waals surface area contributed by atoms with Crippen LogP contribution in [0.15, 0.2) is 18.5 Å². The minimum absolute atomic E-state index is 0.144. The van der Waals surface area contributed by atoms with Crippen molar-refractivity contribution in [2.45, 2.75) is 44.7 Å². The highest BCUT2D eigenvalue weighted by Crippen LogP contribution is 2.31. The lowest BCUT2D eigenvalue weighted by atomic mass is 9.78. The van der Waals surface area contributed by atoms with Crippen LogP contribution in [0.4, 0.5) is 0 Å². The summed E-state index contributed by atoms with van der Waals surface area (Å²) in [6.45, 7) is 2.36. The predicted molar refractivity (Wildman–Crippen MR) is 66.3 cm³/mol. The molecule has 1 N–H and O–H groups in total. The zero-order valence-electron chi connectivity index (χ0n) is 10.6. The number of rotatable bonds is 3. The number of carbonyl (C=O) groups excluding carboxylic acids is 1. The van der Waals surface area contributed by atoms with Gasteiger partial charge in [-0.25, -0.2) is 0 Å². The van der Waals surface area contributed by atoms with Crippen molar-refractivity contribution in [2.75, 3.05) is 0 Å². The van der Waals surface area contributed by atoms with Gasteiger partial charge in [0, 0.05) is 12.4 Å². The Kier molecular flexibility index (Phi) is 3.66. The Morgan fingerprint density at radius 3 is 2.89 bits per heavy atom. The lowest BCUT2D eigenvalue weighted by Gasteiger charge is -2.34. The maximum atomic E-state index is 11.9. The minimum atomic E-state index is -0.670. The first-order valence-electron chi connectivity index (χ1n) is 6.33. The molecule has 1 aliphatic carbocycles. The normalized spacial score (nSPS) is 27.4. The molecule has 1 heterocycles. The van der Waals surface area contributed by atoms with Crippen molar-refractivity contribution in [2.24, 2.45) is 5.92 Å². The molecule has 1 aromatic heterocycles. The zero-order chi connectivity index (χ0) is 13.0. The molecule has 0 saturated heterocycles. The second-order valence-corrected chi connectivity index (χ2v) is 5.13. The van der Waals surface area contributed by atoms with E-state index in [-0.39, 0.29) is 12.5 Å². The molecule has 0 radical (unpaired) electrons. The summed E-state index contributed by atoms with van der Waals surface area (Å²) in [7, 11) is 0. The predicted octanol–water partition coefficient (Wildman–Crippen LogP) is 1.47. The summed E-state index contributed by atoms with van der Waals surface area (Å²) in [5.41, 5.74) is -0.670. The van der Waals surface area contributed by atoms with Crippen LogP contribution in [0.2, 0.25) is 0 Å². The average Bonchev–Trinajstić information content (AvgIpc) is 2.85. The smallest absolute Gasteiger partial charge is 0.242 e. The third-order valence-electron chi connectivity index (χ3n) is 3.59. The van der Waals surface area contributed by atoms with Gasteiger partial charge in [0.15, 0.2) is 0 Å². The van der Waals surface area contributed by atoms with E-state index in [0.717, 1.165) is 25.7 Å². The molecule has 0 bridgehead atoms. The summed E-state index contributed by atoms with van der Waals surface area (Å²) in [6.07, 6.45) is 6.85. The summed E-state index contributed by atoms with van der Waals surface area (Å²) in [5.74, 6) is 0.504. The topological polar surface area (TPSA) is 70.7 Å². The number of amides is 1. The summed E-state index contributed by atoms with van der Waals surface area (Å²) in [4.78, 5) is 11.9. The lowest BCUT2D eigenvalue weighted by Crippen LogP contribution is -2.50. The fourth-order valence-electron chi connectivity index (χ4n) is 2.37. The van der Waals surface area contributed by atoms with E-state index in [4.69, 9.17) is 0 Å². The van der Waals surface area contributed by atoms with Crippen LogP contribution < -0.4 is 5.32 Å². The van der Waals surface area contributed by atoms with E-state index in [2.05, 4.69) is 23.4 Å². The van der Waals surface area contributed by atoms with Crippen molar-refractivity contribution < 1.29 is 4.79 Å². The fraction of sp³-hybridized carbons (Fsp3) is 0.615. The number of hydrogen-bond donors (Lipinski definition) is 1. The standard InChI is InChI=1S/C13H18N4O/c1-11-3-5-13(10-14,6-4-11)16-12(18)9-17-8-2-7-15-17/h2,7-8,11H,3-6,9H2,1H3,(H,16,18). The molecule has 5 nitrogen and oxygen atoms in total. The number of aromatic nitrogens is 2. The number of nitrogens with one attached hydrogen (secondary N) is 1. The highest BCUT2D eigenvalue weighted by atomic mass is 16.2. The van der Waals surface area contributed by atoms with Crippen molar-refractivity contribution in [1.29, 1.82) is 5.26 Å². The molecule has 1 fully saturated rings. The Morgan fingerprint density at radius 2 is 2.33 bits per heavy atom. The molecule has 1 saturated carbocycles. The molecule has 0 aromatic carbocycles. The molecule has 5 heteroatoms. The molecule has 96 valence electrons. The molecule has 0 aliphatic heterocycles. The van der Waals surface area contributed by atoms with Crippen LogP contribution >= 0.6 is 0 Å². The number of hydrogen-bond acceptors (Lipinski definition) is 3. The van der Waals surface area contributed by atoms with Gasteiger partial charge in [-0.3, -0.25) is 9.48 Å². The van der Waals surface area contributed by atoms with Crippen molar-refractivity contribution >= 4 is 5.91 Å². The SMILES string of the molecule is CC1CCC(C#N)(NC(=O)Cn2cccn2)CC1. The van der Waals surface area contributed by atoms with E-state index < -0.39 is 5.54 Å². The molecule has 2 rings (SSSR count). The molecule has 1 aliphatic rings. The first-order valence-corrected chi connectivity index (χ1v) is 6.33. The van der Waals surface area contributed by atoms with E-state index in [1.54, 1.807) is 23.1 Å². The third-order valence-corrected chi connectivity index (χ3v) is 3.59. The van der Waals surface area contributed by atoms with Gasteiger partial charge in [-0.15, -0.1) is 0 Å². The molecule has 0 spiro atoms. The first kappa shape index (κ1) is 12.6. The minimum Gasteiger partial charge on any atom is -0.336 e. The number of carbonyl (C=O) groups is 1. The molecule has 0 unspecified atom stereocenters. The van der Waals surface area contributed by atoms with Crippen LogP contribution in [0.3, 0.4) is 0 Å². The molecular weight excluding hydrogens is 228 g/mol. The lowest BCUT2D eigenvalue weighted by molar-refractivity contribution is -0.123. The van der Waals surface area contributed by atoms with Gasteiger partial charge < -0.3 is 5.32 Å². The zero-order valence-corrected chi connectivity index (χ0v) is 10.6. The summed E-state index contributed by atoms with van der Waals surface area (Å²) in [6, 6.07) is 4.06. The first-order chi connectivity index (χ1) is 8.63. The van der Waals surface area contributed by atoms with Gasteiger partial charge in [0.1, 0.15) is 12.1 Å². The Balaban J connectivity index is 1.94. The Bertz CT molecular complexity index is 438. The highest BCUT2D eigenvalue weighted by molar-refractivity contribution is 5.77. The largest absolute Gasteiger partial charge is 0.336 e. The molecule has 18 heavy (non-hydrogen) atoms. The van der Waals surface area contributed by atoms with Gasteiger partial charge in [-0.2, -0.15) is 10.4 Å². The van der Waals surface area contributed by atoms with Crippen LogP contribution in [0.1, 0.15) is 32.6 Å². The van der Waals surface area contributed by atoms with Crippen LogP contribution in [0, 0.1) is 17.2 Å². The van der Waals surface area contributed by atoms with E-state index >= 15 is 0 Å². The van der Waals surface area contributed by atoms with Crippen LogP contribution in [-0.4, -0.2) is 21.2 Å². The number of nitrogens with zero attached hydrogens (tertiary/aromatic N) is 3. The molecular formula is C13H18N4O. The van der Waals surface area contributed by atoms with E-state index in [0.29, 0.717) is 5.92 Å². The summed E-state index contributed by atoms with van der Waals surface area (Å²) < 4.78 is 1.56.